The van der Waals surface area contributed by atoms with Crippen LogP contribution in [0.5, 0.6) is 5.75 Å². The number of rotatable bonds is 3. The molecular weight excluding hydrogens is 340 g/mol. The third kappa shape index (κ3) is 3.56. The van der Waals surface area contributed by atoms with Crippen LogP contribution in [0, 0.1) is 5.92 Å². The lowest BCUT2D eigenvalue weighted by atomic mass is 9.84. The average Bonchev–Trinajstić information content (AvgIpc) is 2.96. The highest BCUT2D eigenvalue weighted by atomic mass is 16.5. The lowest BCUT2D eigenvalue weighted by molar-refractivity contribution is -0.144. The second-order valence-electron chi connectivity index (χ2n) is 8.35. The number of fused-ring (bicyclic) bond motifs is 2. The summed E-state index contributed by atoms with van der Waals surface area (Å²) in [6.07, 6.45) is 6.04. The van der Waals surface area contributed by atoms with Crippen LogP contribution in [-0.4, -0.2) is 53.9 Å². The zero-order valence-corrected chi connectivity index (χ0v) is 16.4. The molecule has 0 aromatic heterocycles. The van der Waals surface area contributed by atoms with Gasteiger partial charge in [0.05, 0.1) is 7.11 Å². The number of amides is 2. The van der Waals surface area contributed by atoms with Gasteiger partial charge >= 0.3 is 0 Å². The Balaban J connectivity index is 1.40. The van der Waals surface area contributed by atoms with Crippen LogP contribution in [0.3, 0.4) is 0 Å². The predicted octanol–water partition coefficient (Wildman–Crippen LogP) is 3.19. The minimum absolute atomic E-state index is 0.0984. The molecule has 0 saturated carbocycles. The Morgan fingerprint density at radius 1 is 0.963 bits per heavy atom. The number of likely N-dealkylation sites (tertiary alicyclic amines) is 1. The molecule has 3 aliphatic heterocycles. The van der Waals surface area contributed by atoms with Crippen LogP contribution >= 0.6 is 0 Å². The second-order valence-corrected chi connectivity index (χ2v) is 8.35. The molecule has 4 rings (SSSR count). The van der Waals surface area contributed by atoms with Crippen LogP contribution in [0.25, 0.3) is 0 Å². The van der Waals surface area contributed by atoms with Gasteiger partial charge in [-0.05, 0) is 62.1 Å². The predicted molar refractivity (Wildman–Crippen MR) is 104 cm³/mol. The molecule has 5 nitrogen and oxygen atoms in total. The number of nitrogens with zero attached hydrogens (tertiary/aromatic N) is 2. The number of hydrogen-bond donors (Lipinski definition) is 0. The highest BCUT2D eigenvalue weighted by Crippen LogP contribution is 2.44. The molecule has 0 spiro atoms. The van der Waals surface area contributed by atoms with Crippen molar-refractivity contribution in [2.24, 2.45) is 5.92 Å². The number of piperidine rings is 2. The van der Waals surface area contributed by atoms with Crippen molar-refractivity contribution in [3.8, 4) is 5.75 Å². The Labute approximate surface area is 161 Å². The lowest BCUT2D eigenvalue weighted by Gasteiger charge is -2.42. The first kappa shape index (κ1) is 18.3. The van der Waals surface area contributed by atoms with E-state index in [9.17, 15) is 9.59 Å². The van der Waals surface area contributed by atoms with E-state index in [2.05, 4.69) is 17.0 Å². The smallest absolute Gasteiger partial charge is 0.226 e. The van der Waals surface area contributed by atoms with Gasteiger partial charge < -0.3 is 14.5 Å². The maximum atomic E-state index is 13.2. The monoisotopic (exact) mass is 370 g/mol. The summed E-state index contributed by atoms with van der Waals surface area (Å²) in [7, 11) is 1.69. The van der Waals surface area contributed by atoms with Gasteiger partial charge in [0.1, 0.15) is 5.75 Å². The third-order valence-electron chi connectivity index (χ3n) is 6.86. The summed E-state index contributed by atoms with van der Waals surface area (Å²) in [6.45, 7) is 3.07. The van der Waals surface area contributed by atoms with Crippen molar-refractivity contribution in [3.63, 3.8) is 0 Å². The number of benzene rings is 1. The van der Waals surface area contributed by atoms with Gasteiger partial charge in [-0.2, -0.15) is 0 Å². The molecule has 0 N–H and O–H groups in total. The van der Waals surface area contributed by atoms with Gasteiger partial charge in [0, 0.05) is 38.0 Å². The van der Waals surface area contributed by atoms with Crippen LogP contribution in [0.15, 0.2) is 24.3 Å². The van der Waals surface area contributed by atoms with Crippen molar-refractivity contribution in [2.45, 2.75) is 63.5 Å². The second kappa shape index (κ2) is 7.53. The third-order valence-corrected chi connectivity index (χ3v) is 6.86. The fourth-order valence-corrected chi connectivity index (χ4v) is 5.34. The molecule has 0 radical (unpaired) electrons. The standard InChI is InChI=1S/C22H30N2O3/c1-15(25)23-11-9-17(10-12-23)22(26)24-19-5-6-20(24)14-18(13-19)16-3-7-21(27-2)8-4-16/h3-4,7-8,17-20H,5-6,9-14H2,1-2H3/t18?,19-,20+. The Kier molecular flexibility index (Phi) is 5.11. The number of methoxy groups -OCH3 is 1. The van der Waals surface area contributed by atoms with E-state index in [0.717, 1.165) is 57.4 Å². The fourth-order valence-electron chi connectivity index (χ4n) is 5.34. The topological polar surface area (TPSA) is 49.9 Å². The Bertz CT molecular complexity index is 680. The van der Waals surface area contributed by atoms with Crippen LogP contribution < -0.4 is 4.74 Å². The molecular formula is C22H30N2O3. The summed E-state index contributed by atoms with van der Waals surface area (Å²) in [6, 6.07) is 9.20. The van der Waals surface area contributed by atoms with Crippen molar-refractivity contribution < 1.29 is 14.3 Å². The quantitative estimate of drug-likeness (QED) is 0.821. The lowest BCUT2D eigenvalue weighted by Crippen LogP contribution is -2.50. The van der Waals surface area contributed by atoms with Gasteiger partial charge in [0.25, 0.3) is 0 Å². The zero-order chi connectivity index (χ0) is 19.0. The van der Waals surface area contributed by atoms with Crippen molar-refractivity contribution in [1.82, 2.24) is 9.80 Å². The maximum Gasteiger partial charge on any atom is 0.226 e. The van der Waals surface area contributed by atoms with Crippen LogP contribution in [0.2, 0.25) is 0 Å². The molecule has 3 heterocycles. The summed E-state index contributed by atoms with van der Waals surface area (Å²) < 4.78 is 5.27. The Morgan fingerprint density at radius 2 is 1.56 bits per heavy atom. The van der Waals surface area contributed by atoms with E-state index in [4.69, 9.17) is 4.74 Å². The molecule has 1 unspecified atom stereocenters. The molecule has 3 atom stereocenters. The van der Waals surface area contributed by atoms with Crippen molar-refractivity contribution >= 4 is 11.8 Å². The molecule has 27 heavy (non-hydrogen) atoms. The van der Waals surface area contributed by atoms with E-state index in [1.165, 1.54) is 5.56 Å². The van der Waals surface area contributed by atoms with Crippen LogP contribution in [0.1, 0.15) is 56.9 Å². The molecule has 1 aromatic rings. The van der Waals surface area contributed by atoms with Gasteiger partial charge in [0.2, 0.25) is 11.8 Å². The molecule has 146 valence electrons. The summed E-state index contributed by atoms with van der Waals surface area (Å²) in [5.74, 6) is 2.00. The van der Waals surface area contributed by atoms with Crippen LogP contribution in [-0.2, 0) is 9.59 Å². The minimum Gasteiger partial charge on any atom is -0.497 e. The molecule has 3 aliphatic rings. The van der Waals surface area contributed by atoms with Gasteiger partial charge in [-0.25, -0.2) is 0 Å². The largest absolute Gasteiger partial charge is 0.497 e. The Morgan fingerprint density at radius 3 is 2.07 bits per heavy atom. The maximum absolute atomic E-state index is 13.2. The number of ether oxygens (including phenoxy) is 1. The van der Waals surface area contributed by atoms with Crippen LogP contribution in [0.4, 0.5) is 0 Å². The first-order valence-electron chi connectivity index (χ1n) is 10.3. The van der Waals surface area contributed by atoms with Crippen molar-refractivity contribution in [2.75, 3.05) is 20.2 Å². The molecule has 3 saturated heterocycles. The highest BCUT2D eigenvalue weighted by Gasteiger charge is 2.45. The van der Waals surface area contributed by atoms with Gasteiger partial charge in [-0.1, -0.05) is 12.1 Å². The van der Waals surface area contributed by atoms with Crippen molar-refractivity contribution in [1.29, 1.82) is 0 Å². The molecule has 0 aliphatic carbocycles. The van der Waals surface area contributed by atoms with E-state index in [-0.39, 0.29) is 11.8 Å². The summed E-state index contributed by atoms with van der Waals surface area (Å²) in [5, 5.41) is 0. The molecule has 2 amide bonds. The number of carbonyl (C=O) groups is 2. The van der Waals surface area contributed by atoms with E-state index >= 15 is 0 Å². The SMILES string of the molecule is COc1ccc(C2C[C@H]3CC[C@@H](C2)N3C(=O)C2CCN(C(C)=O)CC2)cc1. The summed E-state index contributed by atoms with van der Waals surface area (Å²) in [5.41, 5.74) is 1.37. The first-order chi connectivity index (χ1) is 13.1. The molecule has 3 fully saturated rings. The van der Waals surface area contributed by atoms with E-state index < -0.39 is 0 Å². The first-order valence-corrected chi connectivity index (χ1v) is 10.3. The average molecular weight is 370 g/mol. The highest BCUT2D eigenvalue weighted by molar-refractivity contribution is 5.81. The van der Waals surface area contributed by atoms with Gasteiger partial charge in [0.15, 0.2) is 0 Å². The molecule has 1 aromatic carbocycles. The number of hydrogen-bond acceptors (Lipinski definition) is 3. The fraction of sp³-hybridized carbons (Fsp3) is 0.636. The summed E-state index contributed by atoms with van der Waals surface area (Å²) >= 11 is 0. The minimum atomic E-state index is 0.0984. The normalized spacial score (nSPS) is 28.3. The van der Waals surface area contributed by atoms with E-state index in [1.807, 2.05) is 17.0 Å². The molecule has 5 heteroatoms. The number of carbonyl (C=O) groups excluding carboxylic acids is 2. The molecule has 2 bridgehead atoms. The summed E-state index contributed by atoms with van der Waals surface area (Å²) in [4.78, 5) is 28.8. The van der Waals surface area contributed by atoms with Gasteiger partial charge in [-0.15, -0.1) is 0 Å². The van der Waals surface area contributed by atoms with E-state index in [1.54, 1.807) is 14.0 Å². The zero-order valence-electron chi connectivity index (χ0n) is 16.4. The van der Waals surface area contributed by atoms with Crippen molar-refractivity contribution in [3.05, 3.63) is 29.8 Å². The van der Waals surface area contributed by atoms with Gasteiger partial charge in [-0.3, -0.25) is 9.59 Å². The Hall–Kier alpha value is -2.04. The van der Waals surface area contributed by atoms with E-state index in [0.29, 0.717) is 23.9 Å².